The summed E-state index contributed by atoms with van der Waals surface area (Å²) in [7, 11) is 0. The summed E-state index contributed by atoms with van der Waals surface area (Å²) in [6.45, 7) is 4.62. The Morgan fingerprint density at radius 3 is 2.90 bits per heavy atom. The molecule has 0 spiro atoms. The van der Waals surface area contributed by atoms with Crippen molar-refractivity contribution in [2.45, 2.75) is 19.6 Å². The molecule has 4 nitrogen and oxygen atoms in total. The van der Waals surface area contributed by atoms with Gasteiger partial charge in [0.2, 0.25) is 0 Å². The lowest BCUT2D eigenvalue weighted by molar-refractivity contribution is 0.252. The third kappa shape index (κ3) is 5.19. The van der Waals surface area contributed by atoms with Crippen LogP contribution < -0.4 is 10.6 Å². The van der Waals surface area contributed by atoms with E-state index in [1.165, 1.54) is 0 Å². The Labute approximate surface area is 129 Å². The van der Waals surface area contributed by atoms with Crippen molar-refractivity contribution in [1.29, 1.82) is 0 Å². The van der Waals surface area contributed by atoms with Crippen LogP contribution in [0, 0.1) is 13.8 Å². The highest BCUT2D eigenvalue weighted by atomic mass is 32.2. The first-order chi connectivity index (χ1) is 10.1. The summed E-state index contributed by atoms with van der Waals surface area (Å²) in [6, 6.07) is 9.68. The lowest BCUT2D eigenvalue weighted by atomic mass is 10.1. The number of thioether (sulfide) groups is 1. The number of hydrogen-bond donors (Lipinski definition) is 2. The molecule has 2 N–H and O–H groups in total. The van der Waals surface area contributed by atoms with Gasteiger partial charge in [0.15, 0.2) is 0 Å². The Morgan fingerprint density at radius 2 is 2.14 bits per heavy atom. The van der Waals surface area contributed by atoms with Gasteiger partial charge in [-0.3, -0.25) is 0 Å². The molecule has 1 heterocycles. The number of anilines is 1. The van der Waals surface area contributed by atoms with Gasteiger partial charge in [0.1, 0.15) is 5.76 Å². The van der Waals surface area contributed by atoms with Crippen molar-refractivity contribution >= 4 is 23.5 Å². The van der Waals surface area contributed by atoms with Gasteiger partial charge in [-0.2, -0.15) is 11.8 Å². The van der Waals surface area contributed by atoms with Crippen LogP contribution in [-0.2, 0) is 5.75 Å². The van der Waals surface area contributed by atoms with E-state index in [1.807, 2.05) is 44.2 Å². The molecule has 0 aliphatic heterocycles. The van der Waals surface area contributed by atoms with Gasteiger partial charge in [0.05, 0.1) is 12.0 Å². The van der Waals surface area contributed by atoms with Crippen LogP contribution in [-0.4, -0.2) is 18.3 Å². The number of furan rings is 1. The molecule has 112 valence electrons. The Morgan fingerprint density at radius 1 is 1.29 bits per heavy atom. The van der Waals surface area contributed by atoms with Crippen molar-refractivity contribution < 1.29 is 9.21 Å². The minimum atomic E-state index is -0.165. The first kappa shape index (κ1) is 15.5. The van der Waals surface area contributed by atoms with E-state index in [-0.39, 0.29) is 6.03 Å². The van der Waals surface area contributed by atoms with Crippen LogP contribution in [0.2, 0.25) is 0 Å². The molecule has 5 heteroatoms. The Bertz CT molecular complexity index is 582. The highest BCUT2D eigenvalue weighted by Gasteiger charge is 2.04. The highest BCUT2D eigenvalue weighted by molar-refractivity contribution is 7.98. The SMILES string of the molecule is Cc1ccc(C)c(NC(=O)NCCSCc2ccco2)c1. The minimum absolute atomic E-state index is 0.165. The maximum Gasteiger partial charge on any atom is 0.319 e. The molecule has 0 saturated carbocycles. The highest BCUT2D eigenvalue weighted by Crippen LogP contribution is 2.16. The predicted octanol–water partition coefficient (Wildman–Crippen LogP) is 3.95. The molecule has 0 unspecified atom stereocenters. The topological polar surface area (TPSA) is 54.3 Å². The lowest BCUT2D eigenvalue weighted by Crippen LogP contribution is -2.30. The molecule has 0 aliphatic rings. The number of amides is 2. The molecule has 2 rings (SSSR count). The second kappa shape index (κ2) is 7.78. The standard InChI is InChI=1S/C16H20N2O2S/c1-12-5-6-13(2)15(10-12)18-16(19)17-7-9-21-11-14-4-3-8-20-14/h3-6,8,10H,7,9,11H2,1-2H3,(H2,17,18,19). The van der Waals surface area contributed by atoms with E-state index < -0.39 is 0 Å². The fourth-order valence-electron chi connectivity index (χ4n) is 1.84. The first-order valence-electron chi connectivity index (χ1n) is 6.87. The van der Waals surface area contributed by atoms with E-state index in [4.69, 9.17) is 4.42 Å². The van der Waals surface area contributed by atoms with Gasteiger partial charge < -0.3 is 15.1 Å². The number of rotatable bonds is 6. The van der Waals surface area contributed by atoms with E-state index in [9.17, 15) is 4.79 Å². The number of carbonyl (C=O) groups excluding carboxylic acids is 1. The molecule has 2 aromatic rings. The monoisotopic (exact) mass is 304 g/mol. The van der Waals surface area contributed by atoms with Crippen LogP contribution in [0.15, 0.2) is 41.0 Å². The fraction of sp³-hybridized carbons (Fsp3) is 0.312. The number of hydrogen-bond acceptors (Lipinski definition) is 3. The minimum Gasteiger partial charge on any atom is -0.468 e. The molecular weight excluding hydrogens is 284 g/mol. The summed E-state index contributed by atoms with van der Waals surface area (Å²) in [5, 5.41) is 5.73. The second-order valence-electron chi connectivity index (χ2n) is 4.83. The normalized spacial score (nSPS) is 10.4. The number of nitrogens with one attached hydrogen (secondary N) is 2. The van der Waals surface area contributed by atoms with Crippen molar-refractivity contribution in [3.8, 4) is 0 Å². The van der Waals surface area contributed by atoms with Crippen LogP contribution in [0.4, 0.5) is 10.5 Å². The van der Waals surface area contributed by atoms with E-state index in [2.05, 4.69) is 10.6 Å². The number of urea groups is 1. The van der Waals surface area contributed by atoms with Crippen LogP contribution in [0.3, 0.4) is 0 Å². The van der Waals surface area contributed by atoms with Gasteiger partial charge in [-0.1, -0.05) is 12.1 Å². The van der Waals surface area contributed by atoms with E-state index >= 15 is 0 Å². The molecule has 0 atom stereocenters. The average Bonchev–Trinajstić information content (AvgIpc) is 2.96. The summed E-state index contributed by atoms with van der Waals surface area (Å²) in [6.07, 6.45) is 1.67. The van der Waals surface area contributed by atoms with E-state index in [0.717, 1.165) is 34.1 Å². The lowest BCUT2D eigenvalue weighted by Gasteiger charge is -2.10. The Hall–Kier alpha value is -1.88. The van der Waals surface area contributed by atoms with Gasteiger partial charge in [-0.15, -0.1) is 0 Å². The first-order valence-corrected chi connectivity index (χ1v) is 8.03. The molecule has 0 radical (unpaired) electrons. The van der Waals surface area contributed by atoms with Gasteiger partial charge in [0.25, 0.3) is 0 Å². The van der Waals surface area contributed by atoms with Crippen molar-refractivity contribution in [3.63, 3.8) is 0 Å². The predicted molar refractivity (Wildman–Crippen MR) is 87.8 cm³/mol. The summed E-state index contributed by atoms with van der Waals surface area (Å²) in [4.78, 5) is 11.8. The molecular formula is C16H20N2O2S. The van der Waals surface area contributed by atoms with Crippen molar-refractivity contribution in [1.82, 2.24) is 5.32 Å². The van der Waals surface area contributed by atoms with E-state index in [0.29, 0.717) is 6.54 Å². The van der Waals surface area contributed by atoms with Gasteiger partial charge in [-0.05, 0) is 43.2 Å². The number of benzene rings is 1. The molecule has 0 saturated heterocycles. The molecule has 1 aromatic heterocycles. The Balaban J connectivity index is 1.66. The van der Waals surface area contributed by atoms with Crippen molar-refractivity contribution in [3.05, 3.63) is 53.5 Å². The van der Waals surface area contributed by atoms with Crippen LogP contribution in [0.5, 0.6) is 0 Å². The van der Waals surface area contributed by atoms with E-state index in [1.54, 1.807) is 18.0 Å². The third-order valence-electron chi connectivity index (χ3n) is 3.00. The summed E-state index contributed by atoms with van der Waals surface area (Å²) >= 11 is 1.73. The van der Waals surface area contributed by atoms with Gasteiger partial charge in [0, 0.05) is 18.0 Å². The zero-order valence-corrected chi connectivity index (χ0v) is 13.1. The molecule has 2 amide bonds. The maximum atomic E-state index is 11.8. The van der Waals surface area contributed by atoms with Gasteiger partial charge >= 0.3 is 6.03 Å². The largest absolute Gasteiger partial charge is 0.468 e. The quantitative estimate of drug-likeness (QED) is 0.794. The molecule has 21 heavy (non-hydrogen) atoms. The summed E-state index contributed by atoms with van der Waals surface area (Å²) < 4.78 is 5.24. The fourth-order valence-corrected chi connectivity index (χ4v) is 2.60. The number of carbonyl (C=O) groups is 1. The Kier molecular flexibility index (Phi) is 5.75. The summed E-state index contributed by atoms with van der Waals surface area (Å²) in [5.74, 6) is 2.63. The number of aryl methyl sites for hydroxylation is 2. The third-order valence-corrected chi connectivity index (χ3v) is 3.98. The van der Waals surface area contributed by atoms with Crippen molar-refractivity contribution in [2.75, 3.05) is 17.6 Å². The second-order valence-corrected chi connectivity index (χ2v) is 5.94. The average molecular weight is 304 g/mol. The zero-order valence-electron chi connectivity index (χ0n) is 12.3. The van der Waals surface area contributed by atoms with Crippen LogP contribution >= 0.6 is 11.8 Å². The van der Waals surface area contributed by atoms with Crippen LogP contribution in [0.1, 0.15) is 16.9 Å². The molecule has 0 bridgehead atoms. The molecule has 1 aromatic carbocycles. The van der Waals surface area contributed by atoms with Crippen molar-refractivity contribution in [2.24, 2.45) is 0 Å². The molecule has 0 fully saturated rings. The van der Waals surface area contributed by atoms with Crippen LogP contribution in [0.25, 0.3) is 0 Å². The van der Waals surface area contributed by atoms with Gasteiger partial charge in [-0.25, -0.2) is 4.79 Å². The smallest absolute Gasteiger partial charge is 0.319 e. The summed E-state index contributed by atoms with van der Waals surface area (Å²) in [5.41, 5.74) is 3.04. The molecule has 0 aliphatic carbocycles. The zero-order chi connectivity index (χ0) is 15.1. The maximum absolute atomic E-state index is 11.8.